The highest BCUT2D eigenvalue weighted by molar-refractivity contribution is 6.43. The molecule has 0 atom stereocenters. The molecule has 22 heavy (non-hydrogen) atoms. The number of hydrogen-bond acceptors (Lipinski definition) is 3. The molecule has 0 amide bonds. The zero-order valence-corrected chi connectivity index (χ0v) is 12.8. The lowest BCUT2D eigenvalue weighted by atomic mass is 10.2. The summed E-state index contributed by atoms with van der Waals surface area (Å²) in [5, 5.41) is 0.890. The van der Waals surface area contributed by atoms with Crippen molar-refractivity contribution in [2.24, 2.45) is 0 Å². The van der Waals surface area contributed by atoms with Crippen LogP contribution in [0.2, 0.25) is 10.0 Å². The van der Waals surface area contributed by atoms with E-state index in [1.54, 1.807) is 42.5 Å². The number of allylic oxidation sites excluding steroid dienone is 1. The smallest absolute Gasteiger partial charge is 0.221 e. The van der Waals surface area contributed by atoms with Gasteiger partial charge < -0.3 is 8.83 Å². The summed E-state index contributed by atoms with van der Waals surface area (Å²) in [4.78, 5) is 11.8. The number of benzene rings is 1. The second kappa shape index (κ2) is 6.26. The van der Waals surface area contributed by atoms with E-state index in [9.17, 15) is 4.79 Å². The zero-order valence-electron chi connectivity index (χ0n) is 11.3. The van der Waals surface area contributed by atoms with Crippen molar-refractivity contribution in [2.45, 2.75) is 0 Å². The van der Waals surface area contributed by atoms with E-state index >= 15 is 0 Å². The first-order valence-electron chi connectivity index (χ1n) is 6.45. The fourth-order valence-electron chi connectivity index (χ4n) is 1.94. The molecule has 0 aliphatic rings. The predicted molar refractivity (Wildman–Crippen MR) is 86.2 cm³/mol. The number of ketones is 1. The van der Waals surface area contributed by atoms with Crippen LogP contribution in [0.4, 0.5) is 0 Å². The molecular weight excluding hydrogens is 323 g/mol. The SMILES string of the molecule is O=C(/C=C/c1ccc(-c2cccc(Cl)c2Cl)o1)c1ccco1. The second-order valence-corrected chi connectivity index (χ2v) is 5.26. The number of rotatable bonds is 4. The van der Waals surface area contributed by atoms with Gasteiger partial charge in [0.05, 0.1) is 16.3 Å². The standard InChI is InChI=1S/C17H10Cl2O3/c18-13-4-1-3-12(17(13)19)15-9-7-11(22-15)6-8-14(20)16-5-2-10-21-16/h1-10H/b8-6+. The van der Waals surface area contributed by atoms with Crippen molar-refractivity contribution >= 4 is 35.1 Å². The molecule has 0 aliphatic carbocycles. The summed E-state index contributed by atoms with van der Waals surface area (Å²) in [6, 6.07) is 12.1. The van der Waals surface area contributed by atoms with Gasteiger partial charge in [0.25, 0.3) is 0 Å². The van der Waals surface area contributed by atoms with Gasteiger partial charge in [-0.25, -0.2) is 0 Å². The van der Waals surface area contributed by atoms with Crippen LogP contribution in [0.15, 0.2) is 63.6 Å². The third-order valence-corrected chi connectivity index (χ3v) is 3.83. The largest absolute Gasteiger partial charge is 0.461 e. The van der Waals surface area contributed by atoms with E-state index in [1.165, 1.54) is 12.3 Å². The monoisotopic (exact) mass is 332 g/mol. The summed E-state index contributed by atoms with van der Waals surface area (Å²) < 4.78 is 10.7. The zero-order chi connectivity index (χ0) is 15.5. The molecule has 0 fully saturated rings. The van der Waals surface area contributed by atoms with E-state index in [2.05, 4.69) is 0 Å². The maximum atomic E-state index is 11.8. The molecule has 3 aromatic rings. The summed E-state index contributed by atoms with van der Waals surface area (Å²) in [5.41, 5.74) is 0.700. The lowest BCUT2D eigenvalue weighted by Crippen LogP contribution is -1.89. The highest BCUT2D eigenvalue weighted by Crippen LogP contribution is 2.34. The van der Waals surface area contributed by atoms with Crippen molar-refractivity contribution in [1.29, 1.82) is 0 Å². The van der Waals surface area contributed by atoms with Gasteiger partial charge in [-0.05, 0) is 48.6 Å². The molecule has 2 heterocycles. The molecule has 2 aromatic heterocycles. The van der Waals surface area contributed by atoms with Crippen molar-refractivity contribution in [3.8, 4) is 11.3 Å². The summed E-state index contributed by atoms with van der Waals surface area (Å²) in [6.07, 6.45) is 4.42. The topological polar surface area (TPSA) is 43.4 Å². The van der Waals surface area contributed by atoms with E-state index in [-0.39, 0.29) is 11.5 Å². The van der Waals surface area contributed by atoms with Crippen LogP contribution in [-0.2, 0) is 0 Å². The molecule has 0 radical (unpaired) electrons. The lowest BCUT2D eigenvalue weighted by Gasteiger charge is -2.01. The molecule has 3 nitrogen and oxygen atoms in total. The first-order chi connectivity index (χ1) is 10.6. The average molecular weight is 333 g/mol. The Morgan fingerprint density at radius 3 is 2.68 bits per heavy atom. The Hall–Kier alpha value is -2.23. The first-order valence-corrected chi connectivity index (χ1v) is 7.21. The van der Waals surface area contributed by atoms with Gasteiger partial charge in [0.15, 0.2) is 5.76 Å². The van der Waals surface area contributed by atoms with E-state index in [1.807, 2.05) is 6.07 Å². The Bertz CT molecular complexity index is 829. The molecular formula is C17H10Cl2O3. The minimum absolute atomic E-state index is 0.233. The molecule has 0 N–H and O–H groups in total. The van der Waals surface area contributed by atoms with E-state index in [0.717, 1.165) is 0 Å². The first kappa shape index (κ1) is 14.7. The summed E-state index contributed by atoms with van der Waals surface area (Å²) in [5.74, 6) is 1.16. The normalized spacial score (nSPS) is 11.2. The Morgan fingerprint density at radius 2 is 1.91 bits per heavy atom. The van der Waals surface area contributed by atoms with Gasteiger partial charge in [-0.1, -0.05) is 29.3 Å². The van der Waals surface area contributed by atoms with Gasteiger partial charge in [0.2, 0.25) is 5.78 Å². The molecule has 0 saturated carbocycles. The Balaban J connectivity index is 1.82. The number of hydrogen-bond donors (Lipinski definition) is 0. The lowest BCUT2D eigenvalue weighted by molar-refractivity contribution is 0.102. The van der Waals surface area contributed by atoms with Crippen molar-refractivity contribution < 1.29 is 13.6 Å². The number of furan rings is 2. The van der Waals surface area contributed by atoms with Gasteiger partial charge >= 0.3 is 0 Å². The van der Waals surface area contributed by atoms with Gasteiger partial charge in [-0.2, -0.15) is 0 Å². The van der Waals surface area contributed by atoms with Gasteiger partial charge in [-0.3, -0.25) is 4.79 Å². The fourth-order valence-corrected chi connectivity index (χ4v) is 2.33. The predicted octanol–water partition coefficient (Wildman–Crippen LogP) is 5.74. The van der Waals surface area contributed by atoms with Crippen molar-refractivity contribution in [3.05, 3.63) is 76.4 Å². The molecule has 110 valence electrons. The Morgan fingerprint density at radius 1 is 1.05 bits per heavy atom. The van der Waals surface area contributed by atoms with Crippen LogP contribution in [0, 0.1) is 0 Å². The minimum atomic E-state index is -0.233. The number of carbonyl (C=O) groups is 1. The highest BCUT2D eigenvalue weighted by atomic mass is 35.5. The molecule has 5 heteroatoms. The van der Waals surface area contributed by atoms with Crippen LogP contribution in [0.25, 0.3) is 17.4 Å². The Kier molecular flexibility index (Phi) is 4.18. The summed E-state index contributed by atoms with van der Waals surface area (Å²) in [7, 11) is 0. The third-order valence-electron chi connectivity index (χ3n) is 3.01. The average Bonchev–Trinajstić information content (AvgIpc) is 3.19. The fraction of sp³-hybridized carbons (Fsp3) is 0. The molecule has 0 saturated heterocycles. The van der Waals surface area contributed by atoms with Gasteiger partial charge in [0.1, 0.15) is 11.5 Å². The quantitative estimate of drug-likeness (QED) is 0.451. The molecule has 0 spiro atoms. The van der Waals surface area contributed by atoms with E-state index < -0.39 is 0 Å². The molecule has 0 aliphatic heterocycles. The van der Waals surface area contributed by atoms with E-state index in [4.69, 9.17) is 32.0 Å². The van der Waals surface area contributed by atoms with Crippen molar-refractivity contribution in [1.82, 2.24) is 0 Å². The summed E-state index contributed by atoms with van der Waals surface area (Å²) >= 11 is 12.1. The van der Waals surface area contributed by atoms with Gasteiger partial charge in [0, 0.05) is 5.56 Å². The van der Waals surface area contributed by atoms with Crippen LogP contribution < -0.4 is 0 Å². The van der Waals surface area contributed by atoms with Crippen LogP contribution >= 0.6 is 23.2 Å². The maximum Gasteiger partial charge on any atom is 0.221 e. The summed E-state index contributed by atoms with van der Waals surface area (Å²) in [6.45, 7) is 0. The van der Waals surface area contributed by atoms with Crippen molar-refractivity contribution in [3.63, 3.8) is 0 Å². The molecule has 0 bridgehead atoms. The van der Waals surface area contributed by atoms with Crippen LogP contribution in [0.3, 0.4) is 0 Å². The highest BCUT2D eigenvalue weighted by Gasteiger charge is 2.10. The van der Waals surface area contributed by atoms with Crippen molar-refractivity contribution in [2.75, 3.05) is 0 Å². The van der Waals surface area contributed by atoms with Crippen LogP contribution in [0.1, 0.15) is 16.3 Å². The number of halogens is 2. The number of carbonyl (C=O) groups excluding carboxylic acids is 1. The van der Waals surface area contributed by atoms with Gasteiger partial charge in [-0.15, -0.1) is 0 Å². The van der Waals surface area contributed by atoms with Crippen LogP contribution in [0.5, 0.6) is 0 Å². The van der Waals surface area contributed by atoms with Crippen LogP contribution in [-0.4, -0.2) is 5.78 Å². The molecule has 0 unspecified atom stereocenters. The molecule has 1 aromatic carbocycles. The Labute approximate surface area is 136 Å². The maximum absolute atomic E-state index is 11.8. The van der Waals surface area contributed by atoms with E-state index in [0.29, 0.717) is 27.1 Å². The molecule has 3 rings (SSSR count). The minimum Gasteiger partial charge on any atom is -0.461 e. The third kappa shape index (κ3) is 3.01. The second-order valence-electron chi connectivity index (χ2n) is 4.48.